The van der Waals surface area contributed by atoms with E-state index in [9.17, 15) is 0 Å². The average molecular weight is 236 g/mol. The zero-order valence-electron chi connectivity index (χ0n) is 10.3. The molecule has 0 amide bonds. The van der Waals surface area contributed by atoms with Gasteiger partial charge >= 0.3 is 0 Å². The molecule has 0 bridgehead atoms. The number of hydrazine groups is 1. The van der Waals surface area contributed by atoms with Crippen LogP contribution >= 0.6 is 0 Å². The molecule has 5 heteroatoms. The minimum Gasteiger partial charge on any atom is -0.477 e. The Bertz CT molecular complexity index is 366. The molecule has 1 heterocycles. The van der Waals surface area contributed by atoms with E-state index in [0.717, 1.165) is 30.9 Å². The highest BCUT2D eigenvalue weighted by Gasteiger charge is 2.17. The monoisotopic (exact) mass is 236 g/mol. The van der Waals surface area contributed by atoms with Crippen molar-refractivity contribution in [2.24, 2.45) is 11.8 Å². The van der Waals surface area contributed by atoms with E-state index >= 15 is 0 Å². The summed E-state index contributed by atoms with van der Waals surface area (Å²) in [4.78, 5) is 8.24. The van der Waals surface area contributed by atoms with Crippen LogP contribution in [0.2, 0.25) is 0 Å². The van der Waals surface area contributed by atoms with Gasteiger partial charge in [0, 0.05) is 0 Å². The van der Waals surface area contributed by atoms with Crippen molar-refractivity contribution in [3.63, 3.8) is 0 Å². The van der Waals surface area contributed by atoms with Gasteiger partial charge in [0.25, 0.3) is 0 Å². The molecule has 1 fully saturated rings. The molecule has 1 aliphatic rings. The van der Waals surface area contributed by atoms with Gasteiger partial charge in [-0.05, 0) is 18.8 Å². The first kappa shape index (κ1) is 12.1. The Morgan fingerprint density at radius 3 is 2.88 bits per heavy atom. The first-order chi connectivity index (χ1) is 8.35. The number of nitrogens with two attached hydrogens (primary N) is 1. The standard InChI is InChI=1S/C12H20N4O/c1-2-10-11(16-13)14-8-15-12(10)17-7-6-9-4-3-5-9/h8-9H,2-7,13H2,1H3,(H,14,15,16). The van der Waals surface area contributed by atoms with E-state index in [1.165, 1.54) is 25.6 Å². The molecule has 2 rings (SSSR count). The second kappa shape index (κ2) is 5.82. The molecule has 5 nitrogen and oxygen atoms in total. The van der Waals surface area contributed by atoms with Crippen molar-refractivity contribution >= 4 is 5.82 Å². The molecule has 1 aliphatic carbocycles. The van der Waals surface area contributed by atoms with E-state index in [2.05, 4.69) is 15.4 Å². The maximum Gasteiger partial charge on any atom is 0.221 e. The summed E-state index contributed by atoms with van der Waals surface area (Å²) in [5, 5.41) is 0. The summed E-state index contributed by atoms with van der Waals surface area (Å²) in [6.07, 6.45) is 7.48. The molecular formula is C12H20N4O. The number of hydrogen-bond donors (Lipinski definition) is 2. The zero-order chi connectivity index (χ0) is 12.1. The largest absolute Gasteiger partial charge is 0.477 e. The van der Waals surface area contributed by atoms with Gasteiger partial charge in [-0.3, -0.25) is 0 Å². The van der Waals surface area contributed by atoms with Gasteiger partial charge in [0.1, 0.15) is 12.1 Å². The number of aromatic nitrogens is 2. The van der Waals surface area contributed by atoms with Crippen molar-refractivity contribution < 1.29 is 4.74 Å². The number of rotatable bonds is 6. The van der Waals surface area contributed by atoms with E-state index in [4.69, 9.17) is 10.6 Å². The lowest BCUT2D eigenvalue weighted by atomic mass is 9.83. The van der Waals surface area contributed by atoms with Crippen LogP contribution in [0, 0.1) is 5.92 Å². The number of nitrogens with one attached hydrogen (secondary N) is 1. The second-order valence-corrected chi connectivity index (χ2v) is 4.44. The molecule has 1 aromatic rings. The minimum absolute atomic E-state index is 0.654. The van der Waals surface area contributed by atoms with Crippen LogP contribution in [0.3, 0.4) is 0 Å². The molecule has 1 aromatic heterocycles. The summed E-state index contributed by atoms with van der Waals surface area (Å²) in [5.41, 5.74) is 3.53. The molecule has 0 radical (unpaired) electrons. The van der Waals surface area contributed by atoms with Gasteiger partial charge in [-0.1, -0.05) is 26.2 Å². The van der Waals surface area contributed by atoms with Crippen molar-refractivity contribution in [2.45, 2.75) is 39.0 Å². The van der Waals surface area contributed by atoms with E-state index in [1.807, 2.05) is 6.92 Å². The fraction of sp³-hybridized carbons (Fsp3) is 0.667. The lowest BCUT2D eigenvalue weighted by Crippen LogP contribution is -2.16. The average Bonchev–Trinajstić information content (AvgIpc) is 2.31. The summed E-state index contributed by atoms with van der Waals surface area (Å²) in [5.74, 6) is 7.58. The normalized spacial score (nSPS) is 15.4. The van der Waals surface area contributed by atoms with Gasteiger partial charge in [-0.15, -0.1) is 0 Å². The number of nitrogen functional groups attached to an aromatic ring is 1. The van der Waals surface area contributed by atoms with Crippen LogP contribution in [-0.2, 0) is 6.42 Å². The smallest absolute Gasteiger partial charge is 0.221 e. The van der Waals surface area contributed by atoms with Crippen molar-refractivity contribution in [1.82, 2.24) is 9.97 Å². The minimum atomic E-state index is 0.654. The van der Waals surface area contributed by atoms with Gasteiger partial charge in [0.05, 0.1) is 12.2 Å². The molecule has 0 unspecified atom stereocenters. The lowest BCUT2D eigenvalue weighted by molar-refractivity contribution is 0.216. The van der Waals surface area contributed by atoms with Crippen molar-refractivity contribution in [3.05, 3.63) is 11.9 Å². The summed E-state index contributed by atoms with van der Waals surface area (Å²) >= 11 is 0. The van der Waals surface area contributed by atoms with Crippen molar-refractivity contribution in [2.75, 3.05) is 12.0 Å². The number of nitrogens with zero attached hydrogens (tertiary/aromatic N) is 2. The number of anilines is 1. The van der Waals surface area contributed by atoms with Gasteiger partial charge in [-0.25, -0.2) is 15.8 Å². The predicted molar refractivity (Wildman–Crippen MR) is 66.7 cm³/mol. The number of hydrogen-bond acceptors (Lipinski definition) is 5. The van der Waals surface area contributed by atoms with Crippen molar-refractivity contribution in [3.8, 4) is 5.88 Å². The molecule has 0 spiro atoms. The first-order valence-corrected chi connectivity index (χ1v) is 6.28. The SMILES string of the molecule is CCc1c(NN)ncnc1OCCC1CCC1. The Morgan fingerprint density at radius 2 is 2.29 bits per heavy atom. The van der Waals surface area contributed by atoms with E-state index in [1.54, 1.807) is 0 Å². The number of ether oxygens (including phenoxy) is 1. The summed E-state index contributed by atoms with van der Waals surface area (Å²) in [6.45, 7) is 2.77. The fourth-order valence-corrected chi connectivity index (χ4v) is 2.07. The van der Waals surface area contributed by atoms with Crippen LogP contribution in [0.15, 0.2) is 6.33 Å². The van der Waals surface area contributed by atoms with Crippen LogP contribution in [0.5, 0.6) is 5.88 Å². The maximum atomic E-state index is 5.73. The summed E-state index contributed by atoms with van der Waals surface area (Å²) in [7, 11) is 0. The highest BCUT2D eigenvalue weighted by atomic mass is 16.5. The molecule has 3 N–H and O–H groups in total. The van der Waals surface area contributed by atoms with E-state index < -0.39 is 0 Å². The Hall–Kier alpha value is -1.36. The predicted octanol–water partition coefficient (Wildman–Crippen LogP) is 1.89. The summed E-state index contributed by atoms with van der Waals surface area (Å²) in [6, 6.07) is 0. The first-order valence-electron chi connectivity index (χ1n) is 6.28. The fourth-order valence-electron chi connectivity index (χ4n) is 2.07. The van der Waals surface area contributed by atoms with Gasteiger partial charge in [-0.2, -0.15) is 0 Å². The molecular weight excluding hydrogens is 216 g/mol. The quantitative estimate of drug-likeness (QED) is 0.583. The molecule has 0 aromatic carbocycles. The lowest BCUT2D eigenvalue weighted by Gasteiger charge is -2.25. The van der Waals surface area contributed by atoms with E-state index in [-0.39, 0.29) is 0 Å². The molecule has 1 saturated carbocycles. The Balaban J connectivity index is 1.93. The maximum absolute atomic E-state index is 5.73. The topological polar surface area (TPSA) is 73.1 Å². The van der Waals surface area contributed by atoms with Gasteiger partial charge in [0.15, 0.2) is 0 Å². The van der Waals surface area contributed by atoms with Crippen LogP contribution in [0.4, 0.5) is 5.82 Å². The van der Waals surface area contributed by atoms with Gasteiger partial charge < -0.3 is 10.2 Å². The Morgan fingerprint density at radius 1 is 1.47 bits per heavy atom. The van der Waals surface area contributed by atoms with Crippen LogP contribution in [0.1, 0.15) is 38.2 Å². The van der Waals surface area contributed by atoms with Crippen LogP contribution in [0.25, 0.3) is 0 Å². The third-order valence-corrected chi connectivity index (χ3v) is 3.39. The molecule has 0 atom stereocenters. The Labute approximate surface area is 102 Å². The highest BCUT2D eigenvalue weighted by Crippen LogP contribution is 2.29. The molecule has 17 heavy (non-hydrogen) atoms. The van der Waals surface area contributed by atoms with Crippen LogP contribution < -0.4 is 16.0 Å². The highest BCUT2D eigenvalue weighted by molar-refractivity contribution is 5.47. The van der Waals surface area contributed by atoms with Crippen molar-refractivity contribution in [1.29, 1.82) is 0 Å². The van der Waals surface area contributed by atoms with Crippen LogP contribution in [-0.4, -0.2) is 16.6 Å². The van der Waals surface area contributed by atoms with E-state index in [0.29, 0.717) is 11.7 Å². The molecule has 94 valence electrons. The second-order valence-electron chi connectivity index (χ2n) is 4.44. The molecule has 0 aliphatic heterocycles. The van der Waals surface area contributed by atoms with Gasteiger partial charge in [0.2, 0.25) is 5.88 Å². The zero-order valence-corrected chi connectivity index (χ0v) is 10.3. The third kappa shape index (κ3) is 2.85. The Kier molecular flexibility index (Phi) is 4.14. The third-order valence-electron chi connectivity index (χ3n) is 3.39. The molecule has 0 saturated heterocycles. The summed E-state index contributed by atoms with van der Waals surface area (Å²) < 4.78 is 5.73.